The van der Waals surface area contributed by atoms with Gasteiger partial charge in [-0.25, -0.2) is 0 Å². The van der Waals surface area contributed by atoms with Crippen LogP contribution in [-0.2, 0) is 11.2 Å². The van der Waals surface area contributed by atoms with Gasteiger partial charge in [-0.3, -0.25) is 4.79 Å². The van der Waals surface area contributed by atoms with Crippen LogP contribution in [0, 0.1) is 11.3 Å². The molecule has 2 rings (SSSR count). The summed E-state index contributed by atoms with van der Waals surface area (Å²) >= 11 is 0. The minimum Gasteiger partial charge on any atom is -0.361 e. The summed E-state index contributed by atoms with van der Waals surface area (Å²) in [6.45, 7) is 9.06. The van der Waals surface area contributed by atoms with Gasteiger partial charge in [-0.2, -0.15) is 0 Å². The minimum absolute atomic E-state index is 0.130. The van der Waals surface area contributed by atoms with Crippen LogP contribution in [0.15, 0.2) is 30.5 Å². The Balaban J connectivity index is 1.79. The van der Waals surface area contributed by atoms with Gasteiger partial charge < -0.3 is 4.98 Å². The van der Waals surface area contributed by atoms with Crippen molar-refractivity contribution in [3.63, 3.8) is 0 Å². The summed E-state index contributed by atoms with van der Waals surface area (Å²) < 4.78 is 0. The number of benzene rings is 1. The number of H-pyrrole nitrogens is 1. The summed E-state index contributed by atoms with van der Waals surface area (Å²) in [4.78, 5) is 15.7. The molecule has 24 heavy (non-hydrogen) atoms. The Morgan fingerprint density at radius 2 is 2.00 bits per heavy atom. The predicted octanol–water partition coefficient (Wildman–Crippen LogP) is 6.30. The van der Waals surface area contributed by atoms with E-state index < -0.39 is 0 Å². The highest BCUT2D eigenvalue weighted by Crippen LogP contribution is 2.30. The second-order valence-corrected chi connectivity index (χ2v) is 8.14. The zero-order valence-corrected chi connectivity index (χ0v) is 15.8. The first kappa shape index (κ1) is 18.8. The van der Waals surface area contributed by atoms with Crippen molar-refractivity contribution in [2.24, 2.45) is 11.3 Å². The molecule has 0 fully saturated rings. The molecule has 0 saturated carbocycles. The molecule has 0 radical (unpaired) electrons. The summed E-state index contributed by atoms with van der Waals surface area (Å²) in [5.41, 5.74) is 2.55. The first-order valence-corrected chi connectivity index (χ1v) is 9.48. The van der Waals surface area contributed by atoms with Crippen molar-refractivity contribution in [3.8, 4) is 0 Å². The Morgan fingerprint density at radius 3 is 2.75 bits per heavy atom. The number of aryl methyl sites for hydroxylation is 1. The van der Waals surface area contributed by atoms with Gasteiger partial charge in [-0.05, 0) is 35.8 Å². The van der Waals surface area contributed by atoms with Crippen LogP contribution in [-0.4, -0.2) is 10.8 Å². The number of para-hydroxylation sites is 1. The summed E-state index contributed by atoms with van der Waals surface area (Å²) in [6.07, 6.45) is 9.16. The number of hydrogen-bond acceptors (Lipinski definition) is 1. The normalized spacial score (nSPS) is 13.3. The molecule has 0 saturated heterocycles. The van der Waals surface area contributed by atoms with Crippen LogP contribution in [0.4, 0.5) is 0 Å². The average Bonchev–Trinajstić information content (AvgIpc) is 2.95. The molecular weight excluding hydrogens is 294 g/mol. The second-order valence-electron chi connectivity index (χ2n) is 8.14. The Hall–Kier alpha value is -1.57. The van der Waals surface area contributed by atoms with Crippen molar-refractivity contribution in [2.45, 2.75) is 72.6 Å². The van der Waals surface area contributed by atoms with Crippen LogP contribution in [0.5, 0.6) is 0 Å². The lowest BCUT2D eigenvalue weighted by Crippen LogP contribution is -2.17. The molecule has 2 aromatic rings. The van der Waals surface area contributed by atoms with E-state index in [9.17, 15) is 4.79 Å². The molecule has 2 nitrogen and oxygen atoms in total. The number of carbonyl (C=O) groups excluding carboxylic acids is 1. The molecular formula is C22H33NO. The van der Waals surface area contributed by atoms with E-state index in [-0.39, 0.29) is 5.41 Å². The van der Waals surface area contributed by atoms with Gasteiger partial charge in [0, 0.05) is 29.9 Å². The zero-order valence-electron chi connectivity index (χ0n) is 15.8. The van der Waals surface area contributed by atoms with Gasteiger partial charge in [0.1, 0.15) is 5.78 Å². The third-order valence-corrected chi connectivity index (χ3v) is 5.27. The second kappa shape index (κ2) is 8.50. The van der Waals surface area contributed by atoms with E-state index in [4.69, 9.17) is 0 Å². The fraction of sp³-hybridized carbons (Fsp3) is 0.591. The molecule has 1 aromatic carbocycles. The maximum absolute atomic E-state index is 12.4. The van der Waals surface area contributed by atoms with Crippen LogP contribution in [0.1, 0.15) is 71.8 Å². The van der Waals surface area contributed by atoms with Crippen molar-refractivity contribution in [2.75, 3.05) is 0 Å². The standard InChI is InChI=1S/C22H33NO/c1-5-17(2)9-8-14-22(3,4)15-19(24)13-12-18-16-23-21-11-7-6-10-20(18)21/h6-7,10-11,16-17,23H,5,8-9,12-15H2,1-4H3. The number of ketones is 1. The van der Waals surface area contributed by atoms with E-state index in [2.05, 4.69) is 57.1 Å². The smallest absolute Gasteiger partial charge is 0.133 e. The van der Waals surface area contributed by atoms with Gasteiger partial charge in [0.05, 0.1) is 0 Å². The van der Waals surface area contributed by atoms with Gasteiger partial charge in [-0.15, -0.1) is 0 Å². The van der Waals surface area contributed by atoms with Gasteiger partial charge in [-0.1, -0.05) is 65.2 Å². The minimum atomic E-state index is 0.130. The summed E-state index contributed by atoms with van der Waals surface area (Å²) in [5, 5.41) is 1.25. The van der Waals surface area contributed by atoms with Gasteiger partial charge >= 0.3 is 0 Å². The van der Waals surface area contributed by atoms with E-state index in [1.807, 2.05) is 6.07 Å². The SMILES string of the molecule is CCC(C)CCCC(C)(C)CC(=O)CCc1c[nH]c2ccccc12. The van der Waals surface area contributed by atoms with Crippen LogP contribution in [0.2, 0.25) is 0 Å². The number of Topliss-reactive ketones (excluding diaryl/α,β-unsaturated/α-hetero) is 1. The van der Waals surface area contributed by atoms with E-state index in [1.54, 1.807) is 0 Å². The van der Waals surface area contributed by atoms with Crippen LogP contribution in [0.3, 0.4) is 0 Å². The molecule has 2 heteroatoms. The zero-order chi connectivity index (χ0) is 17.6. The average molecular weight is 328 g/mol. The molecule has 0 bridgehead atoms. The molecule has 1 atom stereocenters. The van der Waals surface area contributed by atoms with Crippen molar-refractivity contribution < 1.29 is 4.79 Å². The number of nitrogens with one attached hydrogen (secondary N) is 1. The number of hydrogen-bond donors (Lipinski definition) is 1. The number of aromatic nitrogens is 1. The third kappa shape index (κ3) is 5.51. The topological polar surface area (TPSA) is 32.9 Å². The van der Waals surface area contributed by atoms with Crippen LogP contribution >= 0.6 is 0 Å². The van der Waals surface area contributed by atoms with E-state index >= 15 is 0 Å². The van der Waals surface area contributed by atoms with Crippen molar-refractivity contribution in [1.29, 1.82) is 0 Å². The number of carbonyl (C=O) groups is 1. The molecule has 132 valence electrons. The van der Waals surface area contributed by atoms with Crippen molar-refractivity contribution in [1.82, 2.24) is 4.98 Å². The first-order chi connectivity index (χ1) is 11.4. The molecule has 1 heterocycles. The summed E-state index contributed by atoms with van der Waals surface area (Å²) in [6, 6.07) is 8.31. The Kier molecular flexibility index (Phi) is 6.65. The van der Waals surface area contributed by atoms with Crippen molar-refractivity contribution >= 4 is 16.7 Å². The molecule has 0 amide bonds. The molecule has 0 spiro atoms. The molecule has 0 aliphatic heterocycles. The third-order valence-electron chi connectivity index (χ3n) is 5.27. The van der Waals surface area contributed by atoms with Gasteiger partial charge in [0.15, 0.2) is 0 Å². The Bertz CT molecular complexity index is 653. The maximum Gasteiger partial charge on any atom is 0.133 e. The fourth-order valence-electron chi connectivity index (χ4n) is 3.46. The summed E-state index contributed by atoms with van der Waals surface area (Å²) in [7, 11) is 0. The molecule has 0 aliphatic carbocycles. The Morgan fingerprint density at radius 1 is 1.25 bits per heavy atom. The lowest BCUT2D eigenvalue weighted by atomic mass is 9.80. The van der Waals surface area contributed by atoms with Crippen LogP contribution in [0.25, 0.3) is 10.9 Å². The highest BCUT2D eigenvalue weighted by molar-refractivity contribution is 5.84. The molecule has 1 aromatic heterocycles. The predicted molar refractivity (Wildman–Crippen MR) is 103 cm³/mol. The van der Waals surface area contributed by atoms with E-state index in [0.29, 0.717) is 18.6 Å². The van der Waals surface area contributed by atoms with Crippen molar-refractivity contribution in [3.05, 3.63) is 36.0 Å². The Labute approximate surface area is 147 Å². The number of fused-ring (bicyclic) bond motifs is 1. The number of rotatable bonds is 10. The van der Waals surface area contributed by atoms with Gasteiger partial charge in [0.2, 0.25) is 0 Å². The van der Waals surface area contributed by atoms with E-state index in [0.717, 1.165) is 24.3 Å². The molecule has 1 N–H and O–H groups in total. The highest BCUT2D eigenvalue weighted by atomic mass is 16.1. The van der Waals surface area contributed by atoms with Gasteiger partial charge in [0.25, 0.3) is 0 Å². The lowest BCUT2D eigenvalue weighted by Gasteiger charge is -2.24. The fourth-order valence-corrected chi connectivity index (χ4v) is 3.46. The first-order valence-electron chi connectivity index (χ1n) is 9.48. The maximum atomic E-state index is 12.4. The molecule has 0 aliphatic rings. The summed E-state index contributed by atoms with van der Waals surface area (Å²) in [5.74, 6) is 1.20. The largest absolute Gasteiger partial charge is 0.361 e. The van der Waals surface area contributed by atoms with Crippen LogP contribution < -0.4 is 0 Å². The quantitative estimate of drug-likeness (QED) is 0.545. The number of aromatic amines is 1. The monoisotopic (exact) mass is 327 g/mol. The molecule has 1 unspecified atom stereocenters. The van der Waals surface area contributed by atoms with E-state index in [1.165, 1.54) is 30.2 Å². The highest BCUT2D eigenvalue weighted by Gasteiger charge is 2.21. The lowest BCUT2D eigenvalue weighted by molar-refractivity contribution is -0.121.